The average Bonchev–Trinajstić information content (AvgIpc) is 2.45. The molecule has 0 radical (unpaired) electrons. The first kappa shape index (κ1) is 16.7. The lowest BCUT2D eigenvalue weighted by Crippen LogP contribution is -2.14. The van der Waals surface area contributed by atoms with Gasteiger partial charge in [0.1, 0.15) is 0 Å². The van der Waals surface area contributed by atoms with E-state index in [9.17, 15) is 4.79 Å². The SMILES string of the molecule is CCC(C)=C(C)OC(N)c1ccc(C(=O)OC)c(Br)c1. The normalized spacial score (nSPS) is 13.5. The summed E-state index contributed by atoms with van der Waals surface area (Å²) in [6, 6.07) is 5.20. The molecule has 0 spiro atoms. The molecular weight excluding hydrogens is 322 g/mol. The van der Waals surface area contributed by atoms with Crippen LogP contribution >= 0.6 is 15.9 Å². The van der Waals surface area contributed by atoms with Crippen molar-refractivity contribution in [1.82, 2.24) is 0 Å². The highest BCUT2D eigenvalue weighted by Crippen LogP contribution is 2.24. The third-order valence-corrected chi connectivity index (χ3v) is 3.82. The zero-order valence-electron chi connectivity index (χ0n) is 12.2. The number of allylic oxidation sites excluding steroid dienone is 2. The van der Waals surface area contributed by atoms with E-state index in [0.29, 0.717) is 10.0 Å². The fourth-order valence-electron chi connectivity index (χ4n) is 1.59. The molecule has 0 amide bonds. The number of nitrogens with two attached hydrogens (primary N) is 1. The molecule has 2 N–H and O–H groups in total. The van der Waals surface area contributed by atoms with Gasteiger partial charge in [0.15, 0.2) is 6.23 Å². The molecular formula is C15H20BrNO3. The molecule has 1 aromatic carbocycles. The van der Waals surface area contributed by atoms with Crippen molar-refractivity contribution in [2.24, 2.45) is 5.73 Å². The molecule has 20 heavy (non-hydrogen) atoms. The largest absolute Gasteiger partial charge is 0.476 e. The first-order valence-corrected chi connectivity index (χ1v) is 7.16. The Hall–Kier alpha value is -1.33. The third-order valence-electron chi connectivity index (χ3n) is 3.16. The molecule has 0 aromatic heterocycles. The number of esters is 1. The van der Waals surface area contributed by atoms with Crippen molar-refractivity contribution in [3.63, 3.8) is 0 Å². The molecule has 0 aliphatic carbocycles. The summed E-state index contributed by atoms with van der Waals surface area (Å²) in [6.07, 6.45) is 0.350. The van der Waals surface area contributed by atoms with Crippen LogP contribution in [0.2, 0.25) is 0 Å². The fourth-order valence-corrected chi connectivity index (χ4v) is 2.15. The zero-order valence-corrected chi connectivity index (χ0v) is 13.8. The highest BCUT2D eigenvalue weighted by atomic mass is 79.9. The standard InChI is InChI=1S/C15H20BrNO3/c1-5-9(2)10(3)20-14(17)11-6-7-12(13(16)8-11)15(18)19-4/h6-8,14H,5,17H2,1-4H3. The van der Waals surface area contributed by atoms with Crippen LogP contribution in [-0.4, -0.2) is 13.1 Å². The Morgan fingerprint density at radius 2 is 2.05 bits per heavy atom. The van der Waals surface area contributed by atoms with Crippen LogP contribution < -0.4 is 5.73 Å². The van der Waals surface area contributed by atoms with E-state index in [1.165, 1.54) is 7.11 Å². The van der Waals surface area contributed by atoms with E-state index in [0.717, 1.165) is 23.3 Å². The molecule has 1 atom stereocenters. The van der Waals surface area contributed by atoms with Gasteiger partial charge in [-0.15, -0.1) is 0 Å². The Labute approximate surface area is 128 Å². The minimum atomic E-state index is -0.570. The number of benzene rings is 1. The Morgan fingerprint density at radius 3 is 2.55 bits per heavy atom. The molecule has 0 aliphatic heterocycles. The second-order valence-electron chi connectivity index (χ2n) is 4.46. The van der Waals surface area contributed by atoms with Gasteiger partial charge >= 0.3 is 5.97 Å². The highest BCUT2D eigenvalue weighted by molar-refractivity contribution is 9.10. The van der Waals surface area contributed by atoms with Gasteiger partial charge in [-0.3, -0.25) is 5.73 Å². The van der Waals surface area contributed by atoms with Gasteiger partial charge in [-0.25, -0.2) is 4.79 Å². The summed E-state index contributed by atoms with van der Waals surface area (Å²) in [5.41, 5.74) is 8.42. The van der Waals surface area contributed by atoms with Crippen molar-refractivity contribution in [1.29, 1.82) is 0 Å². The molecule has 5 heteroatoms. The number of hydrogen-bond donors (Lipinski definition) is 1. The summed E-state index contributed by atoms with van der Waals surface area (Å²) in [5.74, 6) is 0.434. The number of hydrogen-bond acceptors (Lipinski definition) is 4. The summed E-state index contributed by atoms with van der Waals surface area (Å²) < 4.78 is 11.0. The van der Waals surface area contributed by atoms with Gasteiger partial charge in [-0.05, 0) is 53.9 Å². The number of halogens is 1. The van der Waals surface area contributed by atoms with E-state index in [1.54, 1.807) is 18.2 Å². The lowest BCUT2D eigenvalue weighted by atomic mass is 10.1. The van der Waals surface area contributed by atoms with Crippen LogP contribution in [0, 0.1) is 0 Å². The zero-order chi connectivity index (χ0) is 15.3. The van der Waals surface area contributed by atoms with Crippen LogP contribution in [0.25, 0.3) is 0 Å². The minimum Gasteiger partial charge on any atom is -0.476 e. The van der Waals surface area contributed by atoms with Gasteiger partial charge in [0.05, 0.1) is 18.4 Å². The van der Waals surface area contributed by atoms with Crippen molar-refractivity contribution >= 4 is 21.9 Å². The van der Waals surface area contributed by atoms with E-state index in [-0.39, 0.29) is 0 Å². The lowest BCUT2D eigenvalue weighted by molar-refractivity contribution is 0.0599. The number of carbonyl (C=O) groups is 1. The maximum atomic E-state index is 11.5. The van der Waals surface area contributed by atoms with Crippen LogP contribution in [0.15, 0.2) is 34.0 Å². The molecule has 1 unspecified atom stereocenters. The van der Waals surface area contributed by atoms with E-state index < -0.39 is 12.2 Å². The second kappa shape index (κ2) is 7.45. The molecule has 0 fully saturated rings. The molecule has 4 nitrogen and oxygen atoms in total. The van der Waals surface area contributed by atoms with Crippen molar-refractivity contribution < 1.29 is 14.3 Å². The predicted molar refractivity (Wildman–Crippen MR) is 82.2 cm³/mol. The summed E-state index contributed by atoms with van der Waals surface area (Å²) in [5, 5.41) is 0. The van der Waals surface area contributed by atoms with Gasteiger partial charge in [-0.2, -0.15) is 0 Å². The van der Waals surface area contributed by atoms with Crippen LogP contribution in [0.1, 0.15) is 49.3 Å². The summed E-state index contributed by atoms with van der Waals surface area (Å²) >= 11 is 3.34. The lowest BCUT2D eigenvalue weighted by Gasteiger charge is -2.17. The quantitative estimate of drug-likeness (QED) is 0.501. The number of carbonyl (C=O) groups excluding carboxylic acids is 1. The first-order chi connectivity index (χ1) is 9.40. The minimum absolute atomic E-state index is 0.393. The molecule has 0 heterocycles. The van der Waals surface area contributed by atoms with E-state index >= 15 is 0 Å². The Balaban J connectivity index is 2.93. The van der Waals surface area contributed by atoms with Crippen molar-refractivity contribution in [2.45, 2.75) is 33.4 Å². The van der Waals surface area contributed by atoms with Gasteiger partial charge < -0.3 is 9.47 Å². The van der Waals surface area contributed by atoms with Crippen molar-refractivity contribution in [2.75, 3.05) is 7.11 Å². The second-order valence-corrected chi connectivity index (χ2v) is 5.31. The van der Waals surface area contributed by atoms with E-state index in [4.69, 9.17) is 10.5 Å². The molecule has 110 valence electrons. The predicted octanol–water partition coefficient (Wildman–Crippen LogP) is 3.91. The summed E-state index contributed by atoms with van der Waals surface area (Å²) in [6.45, 7) is 5.98. The topological polar surface area (TPSA) is 61.5 Å². The summed E-state index contributed by atoms with van der Waals surface area (Å²) in [4.78, 5) is 11.5. The number of ether oxygens (including phenoxy) is 2. The average molecular weight is 342 g/mol. The molecule has 0 saturated carbocycles. The van der Waals surface area contributed by atoms with Gasteiger partial charge in [0.25, 0.3) is 0 Å². The first-order valence-electron chi connectivity index (χ1n) is 6.37. The number of methoxy groups -OCH3 is 1. The Morgan fingerprint density at radius 1 is 1.40 bits per heavy atom. The smallest absolute Gasteiger partial charge is 0.339 e. The summed E-state index contributed by atoms with van der Waals surface area (Å²) in [7, 11) is 1.35. The van der Waals surface area contributed by atoms with Gasteiger partial charge in [0, 0.05) is 10.0 Å². The fraction of sp³-hybridized carbons (Fsp3) is 0.400. The maximum absolute atomic E-state index is 11.5. The van der Waals surface area contributed by atoms with Gasteiger partial charge in [-0.1, -0.05) is 13.0 Å². The maximum Gasteiger partial charge on any atom is 0.339 e. The van der Waals surface area contributed by atoms with E-state index in [2.05, 4.69) is 27.6 Å². The van der Waals surface area contributed by atoms with Crippen LogP contribution in [-0.2, 0) is 9.47 Å². The van der Waals surface area contributed by atoms with Crippen LogP contribution in [0.5, 0.6) is 0 Å². The molecule has 1 rings (SSSR count). The third kappa shape index (κ3) is 4.08. The van der Waals surface area contributed by atoms with Crippen molar-refractivity contribution in [3.8, 4) is 0 Å². The Bertz CT molecular complexity index is 526. The molecule has 0 saturated heterocycles. The Kier molecular flexibility index (Phi) is 6.23. The van der Waals surface area contributed by atoms with Crippen molar-refractivity contribution in [3.05, 3.63) is 45.1 Å². The monoisotopic (exact) mass is 341 g/mol. The molecule has 1 aromatic rings. The van der Waals surface area contributed by atoms with Crippen LogP contribution in [0.3, 0.4) is 0 Å². The highest BCUT2D eigenvalue weighted by Gasteiger charge is 2.14. The number of rotatable bonds is 5. The van der Waals surface area contributed by atoms with Gasteiger partial charge in [0.2, 0.25) is 0 Å². The van der Waals surface area contributed by atoms with Crippen LogP contribution in [0.4, 0.5) is 0 Å². The molecule has 0 bridgehead atoms. The van der Waals surface area contributed by atoms with E-state index in [1.807, 2.05) is 13.8 Å². The molecule has 0 aliphatic rings.